The van der Waals surface area contributed by atoms with E-state index in [9.17, 15) is 0 Å². The number of nitrogens with zero attached hydrogens (tertiary/aromatic N) is 2. The Bertz CT molecular complexity index is 631. The van der Waals surface area contributed by atoms with Crippen molar-refractivity contribution in [2.45, 2.75) is 46.7 Å². The van der Waals surface area contributed by atoms with E-state index in [1.807, 2.05) is 7.05 Å². The molecule has 2 rings (SSSR count). The number of halogens is 1. The van der Waals surface area contributed by atoms with Crippen LogP contribution in [0.3, 0.4) is 0 Å². The summed E-state index contributed by atoms with van der Waals surface area (Å²) in [4.78, 5) is 0. The second-order valence-electron chi connectivity index (χ2n) is 5.52. The summed E-state index contributed by atoms with van der Waals surface area (Å²) in [7, 11) is 1.94. The SMILES string of the molecule is CCCn1nc(C)c(-c2ccc(C(C)NC)c(Cl)c2)c1C. The molecule has 0 saturated carbocycles. The van der Waals surface area contributed by atoms with Gasteiger partial charge in [0.2, 0.25) is 0 Å². The van der Waals surface area contributed by atoms with Gasteiger partial charge in [-0.3, -0.25) is 4.68 Å². The Morgan fingerprint density at radius 3 is 2.62 bits per heavy atom. The van der Waals surface area contributed by atoms with Gasteiger partial charge in [0.15, 0.2) is 0 Å². The van der Waals surface area contributed by atoms with E-state index in [1.54, 1.807) is 0 Å². The van der Waals surface area contributed by atoms with Crippen molar-refractivity contribution < 1.29 is 0 Å². The third kappa shape index (κ3) is 3.14. The van der Waals surface area contributed by atoms with Gasteiger partial charge in [0.1, 0.15) is 0 Å². The minimum absolute atomic E-state index is 0.247. The maximum absolute atomic E-state index is 6.46. The van der Waals surface area contributed by atoms with Crippen LogP contribution in [0.15, 0.2) is 18.2 Å². The van der Waals surface area contributed by atoms with Gasteiger partial charge in [-0.15, -0.1) is 0 Å². The van der Waals surface area contributed by atoms with Crippen LogP contribution in [0.1, 0.15) is 43.3 Å². The lowest BCUT2D eigenvalue weighted by atomic mass is 10.00. The molecule has 0 spiro atoms. The molecule has 0 saturated heterocycles. The van der Waals surface area contributed by atoms with Crippen LogP contribution >= 0.6 is 11.6 Å². The van der Waals surface area contributed by atoms with E-state index in [4.69, 9.17) is 11.6 Å². The molecular weight excluding hydrogens is 282 g/mol. The molecule has 1 aromatic carbocycles. The Morgan fingerprint density at radius 2 is 2.05 bits per heavy atom. The quantitative estimate of drug-likeness (QED) is 0.880. The molecule has 0 aliphatic carbocycles. The molecule has 21 heavy (non-hydrogen) atoms. The van der Waals surface area contributed by atoms with Crippen molar-refractivity contribution >= 4 is 11.6 Å². The van der Waals surface area contributed by atoms with E-state index in [2.05, 4.69) is 61.0 Å². The zero-order chi connectivity index (χ0) is 15.6. The fourth-order valence-electron chi connectivity index (χ4n) is 2.73. The third-order valence-electron chi connectivity index (χ3n) is 4.01. The van der Waals surface area contributed by atoms with E-state index >= 15 is 0 Å². The number of hydrogen-bond donors (Lipinski definition) is 1. The maximum Gasteiger partial charge on any atom is 0.0674 e. The smallest absolute Gasteiger partial charge is 0.0674 e. The van der Waals surface area contributed by atoms with E-state index in [1.165, 1.54) is 11.3 Å². The van der Waals surface area contributed by atoms with Crippen molar-refractivity contribution in [2.75, 3.05) is 7.05 Å². The molecule has 0 radical (unpaired) electrons. The standard InChI is InChI=1S/C17H24ClN3/c1-6-9-21-13(4)17(12(3)20-21)14-7-8-15(11(2)19-5)16(18)10-14/h7-8,10-11,19H,6,9H2,1-5H3. The van der Waals surface area contributed by atoms with Gasteiger partial charge in [-0.1, -0.05) is 30.7 Å². The summed E-state index contributed by atoms with van der Waals surface area (Å²) in [6.45, 7) is 9.42. The second kappa shape index (κ2) is 6.63. The van der Waals surface area contributed by atoms with Crippen molar-refractivity contribution in [3.05, 3.63) is 40.2 Å². The summed E-state index contributed by atoms with van der Waals surface area (Å²) >= 11 is 6.46. The molecule has 114 valence electrons. The molecule has 0 aliphatic heterocycles. The molecule has 0 amide bonds. The second-order valence-corrected chi connectivity index (χ2v) is 5.92. The zero-order valence-electron chi connectivity index (χ0n) is 13.5. The van der Waals surface area contributed by atoms with Crippen LogP contribution in [0.5, 0.6) is 0 Å². The van der Waals surface area contributed by atoms with Gasteiger partial charge >= 0.3 is 0 Å². The first-order valence-corrected chi connectivity index (χ1v) is 7.88. The Labute approximate surface area is 132 Å². The zero-order valence-corrected chi connectivity index (χ0v) is 14.3. The van der Waals surface area contributed by atoms with Gasteiger partial charge in [-0.05, 0) is 51.4 Å². The average molecular weight is 306 g/mol. The summed E-state index contributed by atoms with van der Waals surface area (Å²) in [5.41, 5.74) is 5.74. The van der Waals surface area contributed by atoms with Gasteiger partial charge in [-0.2, -0.15) is 5.10 Å². The molecule has 1 atom stereocenters. The fraction of sp³-hybridized carbons (Fsp3) is 0.471. The molecule has 0 aliphatic rings. The number of benzene rings is 1. The van der Waals surface area contributed by atoms with E-state index in [0.29, 0.717) is 0 Å². The summed E-state index contributed by atoms with van der Waals surface area (Å²) in [5.74, 6) is 0. The molecule has 4 heteroatoms. The molecule has 0 fully saturated rings. The lowest BCUT2D eigenvalue weighted by molar-refractivity contribution is 0.583. The monoisotopic (exact) mass is 305 g/mol. The molecule has 1 heterocycles. The Morgan fingerprint density at radius 1 is 1.33 bits per heavy atom. The highest BCUT2D eigenvalue weighted by molar-refractivity contribution is 6.31. The number of hydrogen-bond acceptors (Lipinski definition) is 2. The molecule has 3 nitrogen and oxygen atoms in total. The highest BCUT2D eigenvalue weighted by atomic mass is 35.5. The number of rotatable bonds is 5. The van der Waals surface area contributed by atoms with Crippen molar-refractivity contribution in [1.29, 1.82) is 0 Å². The van der Waals surface area contributed by atoms with Crippen LogP contribution in [0, 0.1) is 13.8 Å². The summed E-state index contributed by atoms with van der Waals surface area (Å²) in [6, 6.07) is 6.55. The average Bonchev–Trinajstić information content (AvgIpc) is 2.73. The summed E-state index contributed by atoms with van der Waals surface area (Å²) in [6.07, 6.45) is 1.08. The van der Waals surface area contributed by atoms with E-state index in [0.717, 1.165) is 34.8 Å². The van der Waals surface area contributed by atoms with Crippen molar-refractivity contribution in [3.8, 4) is 11.1 Å². The largest absolute Gasteiger partial charge is 0.313 e. The Hall–Kier alpha value is -1.32. The predicted molar refractivity (Wildman–Crippen MR) is 89.9 cm³/mol. The number of nitrogens with one attached hydrogen (secondary N) is 1. The van der Waals surface area contributed by atoms with Crippen LogP contribution < -0.4 is 5.32 Å². The van der Waals surface area contributed by atoms with Crippen LogP contribution in [0.4, 0.5) is 0 Å². The van der Waals surface area contributed by atoms with Crippen molar-refractivity contribution in [2.24, 2.45) is 0 Å². The highest BCUT2D eigenvalue weighted by Gasteiger charge is 2.15. The molecule has 1 unspecified atom stereocenters. The van der Waals surface area contributed by atoms with Gasteiger partial charge in [0.05, 0.1) is 5.69 Å². The molecule has 0 bridgehead atoms. The van der Waals surface area contributed by atoms with Crippen molar-refractivity contribution in [1.82, 2.24) is 15.1 Å². The summed E-state index contributed by atoms with van der Waals surface area (Å²) < 4.78 is 2.09. The van der Waals surface area contributed by atoms with Crippen LogP contribution in [-0.2, 0) is 6.54 Å². The predicted octanol–water partition coefficient (Wildman–Crippen LogP) is 4.51. The fourth-order valence-corrected chi connectivity index (χ4v) is 3.08. The molecule has 1 N–H and O–H groups in total. The first kappa shape index (κ1) is 16.1. The minimum Gasteiger partial charge on any atom is -0.313 e. The normalized spacial score (nSPS) is 12.7. The van der Waals surface area contributed by atoms with Crippen LogP contribution in [0.25, 0.3) is 11.1 Å². The van der Waals surface area contributed by atoms with E-state index < -0.39 is 0 Å². The van der Waals surface area contributed by atoms with Crippen molar-refractivity contribution in [3.63, 3.8) is 0 Å². The third-order valence-corrected chi connectivity index (χ3v) is 4.33. The number of aryl methyl sites for hydroxylation is 2. The van der Waals surface area contributed by atoms with Crippen LogP contribution in [-0.4, -0.2) is 16.8 Å². The first-order chi connectivity index (χ1) is 9.99. The minimum atomic E-state index is 0.247. The van der Waals surface area contributed by atoms with E-state index in [-0.39, 0.29) is 6.04 Å². The van der Waals surface area contributed by atoms with Gasteiger partial charge in [-0.25, -0.2) is 0 Å². The van der Waals surface area contributed by atoms with Gasteiger partial charge in [0.25, 0.3) is 0 Å². The molecular formula is C17H24ClN3. The van der Waals surface area contributed by atoms with Gasteiger partial charge in [0, 0.05) is 28.9 Å². The maximum atomic E-state index is 6.46. The highest BCUT2D eigenvalue weighted by Crippen LogP contribution is 2.32. The van der Waals surface area contributed by atoms with Gasteiger partial charge < -0.3 is 5.32 Å². The Kier molecular flexibility index (Phi) is 5.07. The lowest BCUT2D eigenvalue weighted by Crippen LogP contribution is -2.12. The van der Waals surface area contributed by atoms with Crippen LogP contribution in [0.2, 0.25) is 5.02 Å². The lowest BCUT2D eigenvalue weighted by Gasteiger charge is -2.14. The summed E-state index contributed by atoms with van der Waals surface area (Å²) in [5, 5.41) is 8.67. The first-order valence-electron chi connectivity index (χ1n) is 7.50. The topological polar surface area (TPSA) is 29.9 Å². The molecule has 1 aromatic heterocycles. The number of aromatic nitrogens is 2. The Balaban J connectivity index is 2.46. The molecule has 2 aromatic rings.